The second-order valence-corrected chi connectivity index (χ2v) is 7.53. The van der Waals surface area contributed by atoms with Gasteiger partial charge in [0.15, 0.2) is 0 Å². The first-order chi connectivity index (χ1) is 14.9. The zero-order valence-corrected chi connectivity index (χ0v) is 18.3. The van der Waals surface area contributed by atoms with Crippen LogP contribution in [-0.2, 0) is 9.53 Å². The molecule has 164 valence electrons. The van der Waals surface area contributed by atoms with E-state index in [1.54, 1.807) is 19.1 Å². The molecule has 0 radical (unpaired) electrons. The highest BCUT2D eigenvalue weighted by Crippen LogP contribution is 2.18. The maximum Gasteiger partial charge on any atom is 0.333 e. The van der Waals surface area contributed by atoms with Crippen molar-refractivity contribution in [3.63, 3.8) is 0 Å². The summed E-state index contributed by atoms with van der Waals surface area (Å²) in [5.41, 5.74) is 3.68. The van der Waals surface area contributed by atoms with E-state index in [9.17, 15) is 14.9 Å². The van der Waals surface area contributed by atoms with E-state index in [1.807, 2.05) is 12.2 Å². The number of ether oxygens (including phenoxy) is 1. The number of hydrogen-bond acceptors (Lipinski definition) is 5. The Labute approximate surface area is 184 Å². The van der Waals surface area contributed by atoms with Crippen molar-refractivity contribution in [3.8, 4) is 0 Å². The summed E-state index contributed by atoms with van der Waals surface area (Å²) >= 11 is 0. The number of rotatable bonds is 12. The highest BCUT2D eigenvalue weighted by atomic mass is 16.6. The second kappa shape index (κ2) is 12.3. The number of carbonyl (C=O) groups is 1. The van der Waals surface area contributed by atoms with Gasteiger partial charge in [0, 0.05) is 37.0 Å². The van der Waals surface area contributed by atoms with Gasteiger partial charge in [-0.2, -0.15) is 0 Å². The van der Waals surface area contributed by atoms with E-state index in [-0.39, 0.29) is 11.7 Å². The maximum atomic E-state index is 11.3. The molecule has 0 aliphatic carbocycles. The number of nitro benzene ring substituents is 1. The molecule has 0 atom stereocenters. The van der Waals surface area contributed by atoms with Crippen LogP contribution >= 0.6 is 0 Å². The molecule has 0 spiro atoms. The lowest BCUT2D eigenvalue weighted by molar-refractivity contribution is -0.384. The Morgan fingerprint density at radius 2 is 1.55 bits per heavy atom. The molecule has 0 aliphatic rings. The number of hydrogen-bond donors (Lipinski definition) is 0. The van der Waals surface area contributed by atoms with Crippen molar-refractivity contribution >= 4 is 29.5 Å². The predicted octanol–water partition coefficient (Wildman–Crippen LogP) is 5.88. The van der Waals surface area contributed by atoms with Gasteiger partial charge in [0.2, 0.25) is 0 Å². The Hall–Kier alpha value is -3.41. The molecule has 2 aromatic rings. The van der Waals surface area contributed by atoms with E-state index in [0.717, 1.165) is 49.0 Å². The van der Waals surface area contributed by atoms with Gasteiger partial charge in [-0.1, -0.05) is 37.3 Å². The number of nitrogens with zero attached hydrogens (tertiary/aromatic N) is 2. The van der Waals surface area contributed by atoms with Gasteiger partial charge in [0.25, 0.3) is 5.69 Å². The Bertz CT molecular complexity index is 902. The van der Waals surface area contributed by atoms with Crippen LogP contribution in [0.4, 0.5) is 11.4 Å². The number of esters is 1. The molecule has 2 rings (SSSR count). The van der Waals surface area contributed by atoms with E-state index in [2.05, 4.69) is 42.8 Å². The molecule has 0 fully saturated rings. The summed E-state index contributed by atoms with van der Waals surface area (Å²) in [5, 5.41) is 10.7. The topological polar surface area (TPSA) is 72.7 Å². The number of benzene rings is 2. The molecule has 0 amide bonds. The largest absolute Gasteiger partial charge is 0.462 e. The van der Waals surface area contributed by atoms with Gasteiger partial charge in [0.05, 0.1) is 11.5 Å². The minimum absolute atomic E-state index is 0.0933. The summed E-state index contributed by atoms with van der Waals surface area (Å²) < 4.78 is 5.09. The highest BCUT2D eigenvalue weighted by Gasteiger charge is 2.04. The standard InChI is InChI=1S/C25H30N2O4/c1-20(2)25(28)31-19-7-5-4-6-18-26(3)23-14-10-21(11-15-23)8-9-22-12-16-24(17-13-22)27(29)30/h8-17H,1,4-7,18-19H2,2-3H3/b9-8+. The SMILES string of the molecule is C=C(C)C(=O)OCCCCCCN(C)c1ccc(/C=C/c2ccc([N+](=O)[O-])cc2)cc1. The van der Waals surface area contributed by atoms with Crippen molar-refractivity contribution in [1.82, 2.24) is 0 Å². The third-order valence-electron chi connectivity index (χ3n) is 4.88. The fraction of sp³-hybridized carbons (Fsp3) is 0.320. The minimum Gasteiger partial charge on any atom is -0.462 e. The second-order valence-electron chi connectivity index (χ2n) is 7.53. The molecular weight excluding hydrogens is 392 g/mol. The zero-order valence-electron chi connectivity index (χ0n) is 18.3. The van der Waals surface area contributed by atoms with Gasteiger partial charge in [-0.15, -0.1) is 0 Å². The van der Waals surface area contributed by atoms with Gasteiger partial charge in [0.1, 0.15) is 0 Å². The molecular formula is C25H30N2O4. The van der Waals surface area contributed by atoms with E-state index in [4.69, 9.17) is 4.74 Å². The van der Waals surface area contributed by atoms with E-state index >= 15 is 0 Å². The van der Waals surface area contributed by atoms with Crippen molar-refractivity contribution < 1.29 is 14.5 Å². The fourth-order valence-electron chi connectivity index (χ4n) is 2.96. The molecule has 6 nitrogen and oxygen atoms in total. The van der Waals surface area contributed by atoms with Gasteiger partial charge < -0.3 is 9.64 Å². The van der Waals surface area contributed by atoms with Gasteiger partial charge in [-0.3, -0.25) is 10.1 Å². The Kier molecular flexibility index (Phi) is 9.49. The summed E-state index contributed by atoms with van der Waals surface area (Å²) in [5.74, 6) is -0.314. The van der Waals surface area contributed by atoms with Crippen molar-refractivity contribution in [2.45, 2.75) is 32.6 Å². The highest BCUT2D eigenvalue weighted by molar-refractivity contribution is 5.86. The molecule has 0 heterocycles. The predicted molar refractivity (Wildman–Crippen MR) is 126 cm³/mol. The quantitative estimate of drug-likeness (QED) is 0.107. The first kappa shape index (κ1) is 23.9. The van der Waals surface area contributed by atoms with Crippen LogP contribution in [0, 0.1) is 10.1 Å². The van der Waals surface area contributed by atoms with Crippen molar-refractivity contribution in [3.05, 3.63) is 81.9 Å². The van der Waals surface area contributed by atoms with Crippen LogP contribution < -0.4 is 4.90 Å². The van der Waals surface area contributed by atoms with Crippen LogP contribution in [0.1, 0.15) is 43.7 Å². The van der Waals surface area contributed by atoms with E-state index < -0.39 is 4.92 Å². The van der Waals surface area contributed by atoms with E-state index in [0.29, 0.717) is 12.2 Å². The molecule has 0 aromatic heterocycles. The maximum absolute atomic E-state index is 11.3. The van der Waals surface area contributed by atoms with Gasteiger partial charge in [-0.25, -0.2) is 4.79 Å². The Morgan fingerprint density at radius 1 is 1.00 bits per heavy atom. The van der Waals surface area contributed by atoms with Crippen molar-refractivity contribution in [2.24, 2.45) is 0 Å². The third kappa shape index (κ3) is 8.46. The molecule has 31 heavy (non-hydrogen) atoms. The minimum atomic E-state index is -0.398. The van der Waals surface area contributed by atoms with Crippen LogP contribution in [-0.4, -0.2) is 31.1 Å². The normalized spacial score (nSPS) is 10.8. The number of unbranched alkanes of at least 4 members (excludes halogenated alkanes) is 3. The van der Waals surface area contributed by atoms with Crippen LogP contribution in [0.15, 0.2) is 60.7 Å². The molecule has 2 aromatic carbocycles. The summed E-state index contributed by atoms with van der Waals surface area (Å²) in [4.78, 5) is 23.8. The Balaban J connectivity index is 1.71. The molecule has 0 saturated heterocycles. The van der Waals surface area contributed by atoms with Crippen LogP contribution in [0.5, 0.6) is 0 Å². The van der Waals surface area contributed by atoms with Crippen molar-refractivity contribution in [2.75, 3.05) is 25.1 Å². The summed E-state index contributed by atoms with van der Waals surface area (Å²) in [6, 6.07) is 14.8. The van der Waals surface area contributed by atoms with E-state index in [1.165, 1.54) is 12.1 Å². The number of anilines is 1. The van der Waals surface area contributed by atoms with Crippen molar-refractivity contribution in [1.29, 1.82) is 0 Å². The van der Waals surface area contributed by atoms with Crippen LogP contribution in [0.3, 0.4) is 0 Å². The average Bonchev–Trinajstić information content (AvgIpc) is 2.77. The molecule has 0 bridgehead atoms. The summed E-state index contributed by atoms with van der Waals surface area (Å²) in [6.45, 7) is 6.63. The molecule has 0 saturated carbocycles. The molecule has 0 N–H and O–H groups in total. The third-order valence-corrected chi connectivity index (χ3v) is 4.88. The lowest BCUT2D eigenvalue weighted by Crippen LogP contribution is -2.18. The lowest BCUT2D eigenvalue weighted by atomic mass is 10.1. The fourth-order valence-corrected chi connectivity index (χ4v) is 2.96. The first-order valence-corrected chi connectivity index (χ1v) is 10.4. The van der Waals surface area contributed by atoms with Gasteiger partial charge in [-0.05, 0) is 61.6 Å². The smallest absolute Gasteiger partial charge is 0.333 e. The Morgan fingerprint density at radius 3 is 2.10 bits per heavy atom. The summed E-state index contributed by atoms with van der Waals surface area (Å²) in [6.07, 6.45) is 8.00. The lowest BCUT2D eigenvalue weighted by Gasteiger charge is -2.19. The molecule has 0 aliphatic heterocycles. The number of nitro groups is 1. The zero-order chi connectivity index (χ0) is 22.6. The number of carbonyl (C=O) groups excluding carboxylic acids is 1. The van der Waals surface area contributed by atoms with Crippen LogP contribution in [0.2, 0.25) is 0 Å². The molecule has 6 heteroatoms. The number of non-ortho nitro benzene ring substituents is 1. The first-order valence-electron chi connectivity index (χ1n) is 10.4. The molecule has 0 unspecified atom stereocenters. The van der Waals surface area contributed by atoms with Crippen LogP contribution in [0.25, 0.3) is 12.2 Å². The monoisotopic (exact) mass is 422 g/mol. The average molecular weight is 423 g/mol. The summed E-state index contributed by atoms with van der Waals surface area (Å²) in [7, 11) is 2.08. The van der Waals surface area contributed by atoms with Gasteiger partial charge >= 0.3 is 5.97 Å².